The Labute approximate surface area is 112 Å². The van der Waals surface area contributed by atoms with Crippen LogP contribution in [-0.2, 0) is 4.79 Å². The standard InChI is InChI=1S/C16H16O3/c1-2-3-9-13(17)16-14(18)10-11-15(19-16)12-7-5-4-6-8-12/h2,4-8H,1,3,9-11H2. The summed E-state index contributed by atoms with van der Waals surface area (Å²) in [6.07, 6.45) is 3.36. The van der Waals surface area contributed by atoms with Gasteiger partial charge in [-0.05, 0) is 30.7 Å². The molecule has 3 heteroatoms. The summed E-state index contributed by atoms with van der Waals surface area (Å²) in [5.74, 6) is 0.237. The van der Waals surface area contributed by atoms with Crippen LogP contribution in [0.15, 0.2) is 54.5 Å². The lowest BCUT2D eigenvalue weighted by Gasteiger charge is -2.10. The van der Waals surface area contributed by atoms with Gasteiger partial charge in [-0.2, -0.15) is 0 Å². The molecule has 0 amide bonds. The van der Waals surface area contributed by atoms with Crippen molar-refractivity contribution < 1.29 is 14.3 Å². The summed E-state index contributed by atoms with van der Waals surface area (Å²) in [6.45, 7) is 3.57. The Hall–Kier alpha value is -2.16. The van der Waals surface area contributed by atoms with Crippen LogP contribution < -0.4 is 5.11 Å². The molecule has 0 bridgehead atoms. The maximum absolute atomic E-state index is 11.9. The van der Waals surface area contributed by atoms with E-state index in [0.717, 1.165) is 5.56 Å². The lowest BCUT2D eigenvalue weighted by molar-refractivity contribution is -0.329. The summed E-state index contributed by atoms with van der Waals surface area (Å²) in [5, 5.41) is 11.9. The van der Waals surface area contributed by atoms with Crippen LogP contribution in [0.3, 0.4) is 0 Å². The fraction of sp³-hybridized carbons (Fsp3) is 0.250. The molecule has 0 saturated carbocycles. The lowest BCUT2D eigenvalue weighted by Crippen LogP contribution is -2.20. The number of allylic oxidation sites excluding steroid dienone is 3. The van der Waals surface area contributed by atoms with Crippen LogP contribution in [0.5, 0.6) is 0 Å². The van der Waals surface area contributed by atoms with Gasteiger partial charge in [0.25, 0.3) is 5.78 Å². The van der Waals surface area contributed by atoms with E-state index in [1.54, 1.807) is 6.08 Å². The number of hydrogen-bond acceptors (Lipinski definition) is 2. The molecular formula is C16H16O3. The number of carbonyl (C=O) groups is 1. The molecule has 0 aliphatic carbocycles. The Kier molecular flexibility index (Phi) is 4.29. The first-order chi connectivity index (χ1) is 9.22. The number of ketones is 2. The minimum atomic E-state index is -0.238. The van der Waals surface area contributed by atoms with Crippen molar-refractivity contribution >= 4 is 11.6 Å². The van der Waals surface area contributed by atoms with Gasteiger partial charge in [-0.15, -0.1) is 6.58 Å². The molecule has 0 radical (unpaired) electrons. The highest BCUT2D eigenvalue weighted by atomic mass is 16.4. The van der Waals surface area contributed by atoms with Crippen molar-refractivity contribution in [1.29, 1.82) is 0 Å². The number of Topliss-reactive ketones (excluding diaryl/α,β-unsaturated/α-hetero) is 1. The van der Waals surface area contributed by atoms with Crippen LogP contribution in [0, 0.1) is 0 Å². The molecule has 0 unspecified atom stereocenters. The monoisotopic (exact) mass is 256 g/mol. The molecule has 0 spiro atoms. The molecule has 1 aliphatic rings. The Balaban J connectivity index is 2.32. The molecule has 0 atom stereocenters. The van der Waals surface area contributed by atoms with E-state index in [0.29, 0.717) is 25.0 Å². The van der Waals surface area contributed by atoms with Gasteiger partial charge in [-0.25, -0.2) is 4.42 Å². The minimum Gasteiger partial charge on any atom is -0.869 e. The first kappa shape index (κ1) is 13.3. The molecule has 2 rings (SSSR count). The van der Waals surface area contributed by atoms with Crippen molar-refractivity contribution in [2.75, 3.05) is 0 Å². The molecular weight excluding hydrogens is 240 g/mol. The second-order valence-corrected chi connectivity index (χ2v) is 4.39. The lowest BCUT2D eigenvalue weighted by atomic mass is 10.0. The molecule has 1 heterocycles. The van der Waals surface area contributed by atoms with Gasteiger partial charge >= 0.3 is 11.5 Å². The molecule has 1 aromatic carbocycles. The van der Waals surface area contributed by atoms with Gasteiger partial charge < -0.3 is 5.11 Å². The number of carbonyl (C=O) groups excluding carboxylic acids is 2. The first-order valence-corrected chi connectivity index (χ1v) is 6.35. The second kappa shape index (κ2) is 6.14. The van der Waals surface area contributed by atoms with Gasteiger partial charge in [0.05, 0.1) is 12.0 Å². The Morgan fingerprint density at radius 2 is 2.05 bits per heavy atom. The van der Waals surface area contributed by atoms with E-state index in [1.807, 2.05) is 30.3 Å². The fourth-order valence-corrected chi connectivity index (χ4v) is 1.96. The van der Waals surface area contributed by atoms with Crippen LogP contribution in [0.2, 0.25) is 0 Å². The zero-order valence-corrected chi connectivity index (χ0v) is 10.7. The SMILES string of the molecule is C=CCC/C([O-])=C1\[O+]=C(c2ccccc2)CCC1=O. The largest absolute Gasteiger partial charge is 0.869 e. The third-order valence-electron chi connectivity index (χ3n) is 2.98. The van der Waals surface area contributed by atoms with Gasteiger partial charge in [0.1, 0.15) is 0 Å². The van der Waals surface area contributed by atoms with Crippen molar-refractivity contribution in [2.45, 2.75) is 25.7 Å². The zero-order chi connectivity index (χ0) is 13.7. The first-order valence-electron chi connectivity index (χ1n) is 6.35. The minimum absolute atomic E-state index is 0.0213. The molecule has 1 aromatic rings. The van der Waals surface area contributed by atoms with Gasteiger partial charge in [0, 0.05) is 6.42 Å². The molecule has 1 aliphatic heterocycles. The highest BCUT2D eigenvalue weighted by Gasteiger charge is 2.31. The van der Waals surface area contributed by atoms with E-state index in [1.165, 1.54) is 0 Å². The van der Waals surface area contributed by atoms with Crippen molar-refractivity contribution in [3.8, 4) is 0 Å². The molecule has 98 valence electrons. The van der Waals surface area contributed by atoms with Crippen LogP contribution in [-0.4, -0.2) is 11.6 Å². The zero-order valence-electron chi connectivity index (χ0n) is 10.7. The smallest absolute Gasteiger partial charge is 0.383 e. The quantitative estimate of drug-likeness (QED) is 0.359. The Morgan fingerprint density at radius 1 is 1.32 bits per heavy atom. The molecule has 0 fully saturated rings. The summed E-state index contributed by atoms with van der Waals surface area (Å²) in [6, 6.07) is 9.55. The van der Waals surface area contributed by atoms with Gasteiger partial charge in [0.15, 0.2) is 0 Å². The van der Waals surface area contributed by atoms with Gasteiger partial charge in [0.2, 0.25) is 0 Å². The fourth-order valence-electron chi connectivity index (χ4n) is 1.96. The van der Waals surface area contributed by atoms with E-state index in [9.17, 15) is 9.90 Å². The Morgan fingerprint density at radius 3 is 2.74 bits per heavy atom. The topological polar surface area (TPSA) is 51.4 Å². The molecule has 0 saturated heterocycles. The molecule has 0 N–H and O–H groups in total. The molecule has 19 heavy (non-hydrogen) atoms. The normalized spacial score (nSPS) is 17.9. The van der Waals surface area contributed by atoms with Gasteiger partial charge in [-0.3, -0.25) is 4.79 Å². The Bertz CT molecular complexity index is 538. The number of benzene rings is 1. The molecule has 3 nitrogen and oxygen atoms in total. The van der Waals surface area contributed by atoms with Crippen molar-refractivity contribution in [1.82, 2.24) is 0 Å². The maximum Gasteiger partial charge on any atom is 0.383 e. The second-order valence-electron chi connectivity index (χ2n) is 4.39. The van der Waals surface area contributed by atoms with E-state index >= 15 is 0 Å². The van der Waals surface area contributed by atoms with Gasteiger partial charge in [-0.1, -0.05) is 24.3 Å². The third kappa shape index (κ3) is 3.19. The third-order valence-corrected chi connectivity index (χ3v) is 2.98. The average Bonchev–Trinajstić information content (AvgIpc) is 2.46. The van der Waals surface area contributed by atoms with E-state index in [2.05, 4.69) is 6.58 Å². The summed E-state index contributed by atoms with van der Waals surface area (Å²) in [7, 11) is 0. The molecule has 0 aromatic heterocycles. The summed E-state index contributed by atoms with van der Waals surface area (Å²) in [5.41, 5.74) is 0.920. The van der Waals surface area contributed by atoms with Crippen LogP contribution in [0.25, 0.3) is 0 Å². The summed E-state index contributed by atoms with van der Waals surface area (Å²) >= 11 is 0. The average molecular weight is 256 g/mol. The van der Waals surface area contributed by atoms with Crippen LogP contribution >= 0.6 is 0 Å². The predicted molar refractivity (Wildman–Crippen MR) is 71.5 cm³/mol. The highest BCUT2D eigenvalue weighted by molar-refractivity contribution is 6.04. The summed E-state index contributed by atoms with van der Waals surface area (Å²) in [4.78, 5) is 11.8. The highest BCUT2D eigenvalue weighted by Crippen LogP contribution is 2.20. The van der Waals surface area contributed by atoms with Crippen LogP contribution in [0.1, 0.15) is 35.7 Å². The number of hydrogen-bond donors (Lipinski definition) is 0. The van der Waals surface area contributed by atoms with Crippen molar-refractivity contribution in [2.24, 2.45) is 0 Å². The van der Waals surface area contributed by atoms with E-state index in [-0.39, 0.29) is 23.7 Å². The number of rotatable bonds is 4. The van der Waals surface area contributed by atoms with Crippen molar-refractivity contribution in [3.63, 3.8) is 0 Å². The van der Waals surface area contributed by atoms with Crippen LogP contribution in [0.4, 0.5) is 0 Å². The van der Waals surface area contributed by atoms with Crippen molar-refractivity contribution in [3.05, 3.63) is 60.1 Å². The van der Waals surface area contributed by atoms with E-state index in [4.69, 9.17) is 4.42 Å². The summed E-state index contributed by atoms with van der Waals surface area (Å²) < 4.78 is 5.54. The predicted octanol–water partition coefficient (Wildman–Crippen LogP) is 2.31. The van der Waals surface area contributed by atoms with E-state index < -0.39 is 0 Å². The maximum atomic E-state index is 11.9.